The summed E-state index contributed by atoms with van der Waals surface area (Å²) in [7, 11) is 0. The Morgan fingerprint density at radius 1 is 1.35 bits per heavy atom. The van der Waals surface area contributed by atoms with Crippen LogP contribution in [0.5, 0.6) is 0 Å². The number of benzene rings is 1. The van der Waals surface area contributed by atoms with Crippen LogP contribution in [0.25, 0.3) is 0 Å². The molecule has 118 valence electrons. The maximum absolute atomic E-state index is 12.1. The minimum Gasteiger partial charge on any atom is -0.326 e. The highest BCUT2D eigenvalue weighted by Gasteiger charge is 2.29. The molecule has 1 unspecified atom stereocenters. The molecule has 0 radical (unpaired) electrons. The van der Waals surface area contributed by atoms with Crippen LogP contribution in [-0.2, 0) is 16.1 Å². The fraction of sp³-hybridized carbons (Fsp3) is 0.267. The van der Waals surface area contributed by atoms with Crippen LogP contribution < -0.4 is 10.6 Å². The molecule has 1 aromatic carbocycles. The van der Waals surface area contributed by atoms with Crippen LogP contribution >= 0.6 is 0 Å². The van der Waals surface area contributed by atoms with Crippen LogP contribution in [-0.4, -0.2) is 32.4 Å². The van der Waals surface area contributed by atoms with Crippen molar-refractivity contribution < 1.29 is 14.4 Å². The molecule has 2 aromatic rings. The maximum Gasteiger partial charge on any atom is 0.232 e. The molecular weight excluding hydrogens is 298 g/mol. The SMILES string of the molecule is CC(=O)c1ccc(NC(=O)CC2Cn3ncnc3NC2=O)cc1. The number of carbonyl (C=O) groups is 3. The smallest absolute Gasteiger partial charge is 0.232 e. The molecule has 23 heavy (non-hydrogen) atoms. The van der Waals surface area contributed by atoms with Gasteiger partial charge in [-0.15, -0.1) is 0 Å². The van der Waals surface area contributed by atoms with E-state index in [9.17, 15) is 14.4 Å². The lowest BCUT2D eigenvalue weighted by molar-refractivity contribution is -0.125. The number of anilines is 2. The molecule has 1 aliphatic rings. The number of carbonyl (C=O) groups excluding carboxylic acids is 3. The summed E-state index contributed by atoms with van der Waals surface area (Å²) in [5, 5.41) is 9.32. The van der Waals surface area contributed by atoms with Gasteiger partial charge in [0.1, 0.15) is 6.33 Å². The van der Waals surface area contributed by atoms with Gasteiger partial charge >= 0.3 is 0 Å². The minimum atomic E-state index is -0.499. The van der Waals surface area contributed by atoms with Crippen molar-refractivity contribution in [1.82, 2.24) is 14.8 Å². The Morgan fingerprint density at radius 2 is 2.09 bits per heavy atom. The number of aromatic nitrogens is 3. The molecule has 1 atom stereocenters. The zero-order chi connectivity index (χ0) is 16.4. The highest BCUT2D eigenvalue weighted by molar-refractivity contribution is 5.99. The van der Waals surface area contributed by atoms with Crippen molar-refractivity contribution in [2.24, 2.45) is 5.92 Å². The molecule has 0 spiro atoms. The second kappa shape index (κ2) is 5.99. The number of Topliss-reactive ketones (excluding diaryl/α,β-unsaturated/α-hetero) is 1. The molecule has 2 amide bonds. The van der Waals surface area contributed by atoms with E-state index in [1.807, 2.05) is 0 Å². The second-order valence-corrected chi connectivity index (χ2v) is 5.34. The molecule has 1 aromatic heterocycles. The lowest BCUT2D eigenvalue weighted by atomic mass is 10.0. The number of nitrogens with zero attached hydrogens (tertiary/aromatic N) is 3. The van der Waals surface area contributed by atoms with Crippen molar-refractivity contribution in [3.8, 4) is 0 Å². The molecule has 3 rings (SSSR count). The van der Waals surface area contributed by atoms with Gasteiger partial charge in [0.2, 0.25) is 17.8 Å². The van der Waals surface area contributed by atoms with Crippen molar-refractivity contribution in [2.45, 2.75) is 19.9 Å². The van der Waals surface area contributed by atoms with Crippen LogP contribution in [0.2, 0.25) is 0 Å². The fourth-order valence-electron chi connectivity index (χ4n) is 2.38. The van der Waals surface area contributed by atoms with E-state index in [0.29, 0.717) is 23.7 Å². The third-order valence-electron chi connectivity index (χ3n) is 3.62. The van der Waals surface area contributed by atoms with Crippen molar-refractivity contribution in [3.05, 3.63) is 36.2 Å². The minimum absolute atomic E-state index is 0.0367. The molecule has 0 fully saturated rings. The number of amides is 2. The van der Waals surface area contributed by atoms with E-state index in [-0.39, 0.29) is 24.0 Å². The van der Waals surface area contributed by atoms with Gasteiger partial charge in [-0.3, -0.25) is 19.7 Å². The number of hydrogen-bond donors (Lipinski definition) is 2. The Labute approximate surface area is 131 Å². The lowest BCUT2D eigenvalue weighted by Crippen LogP contribution is -2.36. The van der Waals surface area contributed by atoms with E-state index in [2.05, 4.69) is 20.7 Å². The Morgan fingerprint density at radius 3 is 2.78 bits per heavy atom. The molecule has 2 heterocycles. The van der Waals surface area contributed by atoms with Crippen LogP contribution in [0.3, 0.4) is 0 Å². The lowest BCUT2D eigenvalue weighted by Gasteiger charge is -2.21. The highest BCUT2D eigenvalue weighted by atomic mass is 16.2. The summed E-state index contributed by atoms with van der Waals surface area (Å²) >= 11 is 0. The summed E-state index contributed by atoms with van der Waals surface area (Å²) < 4.78 is 1.56. The van der Waals surface area contributed by atoms with E-state index < -0.39 is 5.92 Å². The molecule has 2 N–H and O–H groups in total. The first-order valence-corrected chi connectivity index (χ1v) is 7.12. The summed E-state index contributed by atoms with van der Waals surface area (Å²) in [6.07, 6.45) is 1.40. The predicted molar refractivity (Wildman–Crippen MR) is 81.8 cm³/mol. The zero-order valence-corrected chi connectivity index (χ0v) is 12.4. The van der Waals surface area contributed by atoms with Crippen LogP contribution in [0.15, 0.2) is 30.6 Å². The first-order chi connectivity index (χ1) is 11.0. The van der Waals surface area contributed by atoms with Gasteiger partial charge in [-0.1, -0.05) is 0 Å². The molecule has 8 nitrogen and oxygen atoms in total. The predicted octanol–water partition coefficient (Wildman–Crippen LogP) is 1.08. The van der Waals surface area contributed by atoms with Crippen LogP contribution in [0.1, 0.15) is 23.7 Å². The number of fused-ring (bicyclic) bond motifs is 1. The zero-order valence-electron chi connectivity index (χ0n) is 12.4. The van der Waals surface area contributed by atoms with Gasteiger partial charge in [0.25, 0.3) is 0 Å². The summed E-state index contributed by atoms with van der Waals surface area (Å²) in [5.74, 6) is -0.658. The monoisotopic (exact) mass is 313 g/mol. The number of nitrogens with one attached hydrogen (secondary N) is 2. The molecule has 0 bridgehead atoms. The van der Waals surface area contributed by atoms with Gasteiger partial charge in [-0.2, -0.15) is 10.1 Å². The molecule has 0 aliphatic carbocycles. The van der Waals surface area contributed by atoms with Gasteiger partial charge in [0.05, 0.1) is 12.5 Å². The maximum atomic E-state index is 12.1. The number of hydrogen-bond acceptors (Lipinski definition) is 5. The van der Waals surface area contributed by atoms with Crippen LogP contribution in [0.4, 0.5) is 11.6 Å². The molecule has 0 saturated heterocycles. The average molecular weight is 313 g/mol. The van der Waals surface area contributed by atoms with Gasteiger partial charge < -0.3 is 5.32 Å². The van der Waals surface area contributed by atoms with Crippen molar-refractivity contribution >= 4 is 29.2 Å². The first kappa shape index (κ1) is 14.9. The number of rotatable bonds is 4. The molecule has 1 aliphatic heterocycles. The van der Waals surface area contributed by atoms with Crippen molar-refractivity contribution in [1.29, 1.82) is 0 Å². The molecule has 8 heteroatoms. The van der Waals surface area contributed by atoms with Crippen LogP contribution in [0, 0.1) is 5.92 Å². The van der Waals surface area contributed by atoms with Gasteiger partial charge in [0.15, 0.2) is 5.78 Å². The summed E-state index contributed by atoms with van der Waals surface area (Å²) in [5.41, 5.74) is 1.16. The average Bonchev–Trinajstić information content (AvgIpc) is 2.95. The molecule has 0 saturated carbocycles. The van der Waals surface area contributed by atoms with E-state index in [0.717, 1.165) is 0 Å². The first-order valence-electron chi connectivity index (χ1n) is 7.12. The third-order valence-corrected chi connectivity index (χ3v) is 3.62. The Bertz CT molecular complexity index is 766. The second-order valence-electron chi connectivity index (χ2n) is 5.34. The highest BCUT2D eigenvalue weighted by Crippen LogP contribution is 2.19. The van der Waals surface area contributed by atoms with Crippen molar-refractivity contribution in [3.63, 3.8) is 0 Å². The van der Waals surface area contributed by atoms with Gasteiger partial charge in [-0.25, -0.2) is 4.68 Å². The van der Waals surface area contributed by atoms with E-state index >= 15 is 0 Å². The van der Waals surface area contributed by atoms with E-state index in [1.165, 1.54) is 13.3 Å². The summed E-state index contributed by atoms with van der Waals surface area (Å²) in [4.78, 5) is 39.2. The van der Waals surface area contributed by atoms with Gasteiger partial charge in [0, 0.05) is 17.7 Å². The van der Waals surface area contributed by atoms with E-state index in [4.69, 9.17) is 0 Å². The Hall–Kier alpha value is -3.03. The largest absolute Gasteiger partial charge is 0.326 e. The fourth-order valence-corrected chi connectivity index (χ4v) is 2.38. The Balaban J connectivity index is 1.61. The summed E-state index contributed by atoms with van der Waals surface area (Å²) in [6.45, 7) is 1.80. The quantitative estimate of drug-likeness (QED) is 0.822. The standard InChI is InChI=1S/C15H15N5O3/c1-9(21)10-2-4-12(5-3-10)18-13(22)6-11-7-20-15(16-8-17-20)19-14(11)23/h2-5,8,11H,6-7H2,1H3,(H,18,22)(H,16,17,19,23). The third kappa shape index (κ3) is 3.25. The Kier molecular flexibility index (Phi) is 3.88. The molecular formula is C15H15N5O3. The van der Waals surface area contributed by atoms with Crippen molar-refractivity contribution in [2.75, 3.05) is 10.6 Å². The number of ketones is 1. The van der Waals surface area contributed by atoms with E-state index in [1.54, 1.807) is 28.9 Å². The van der Waals surface area contributed by atoms with Gasteiger partial charge in [-0.05, 0) is 31.2 Å². The normalized spacial score (nSPS) is 16.4. The summed E-state index contributed by atoms with van der Waals surface area (Å²) in [6, 6.07) is 6.61. The topological polar surface area (TPSA) is 106 Å².